The van der Waals surface area contributed by atoms with Gasteiger partial charge in [0, 0.05) is 24.4 Å². The van der Waals surface area contributed by atoms with E-state index in [0.29, 0.717) is 12.1 Å². The number of aromatic nitrogens is 4. The van der Waals surface area contributed by atoms with E-state index in [1.807, 2.05) is 56.3 Å². The Kier molecular flexibility index (Phi) is 5.15. The third kappa shape index (κ3) is 3.85. The predicted molar refractivity (Wildman–Crippen MR) is 121 cm³/mol. The van der Waals surface area contributed by atoms with Crippen LogP contribution in [0.15, 0.2) is 67.1 Å². The second-order valence-electron chi connectivity index (χ2n) is 7.90. The van der Waals surface area contributed by atoms with Crippen LogP contribution in [-0.4, -0.2) is 38.3 Å². The van der Waals surface area contributed by atoms with Crippen LogP contribution in [0.1, 0.15) is 27.3 Å². The molecule has 0 saturated carbocycles. The van der Waals surface area contributed by atoms with Crippen LogP contribution in [0.2, 0.25) is 0 Å². The van der Waals surface area contributed by atoms with Gasteiger partial charge in [-0.05, 0) is 37.6 Å². The van der Waals surface area contributed by atoms with Crippen LogP contribution in [-0.2, 0) is 6.42 Å². The molecule has 3 heterocycles. The highest BCUT2D eigenvalue weighted by molar-refractivity contribution is 5.93. The molecule has 4 aromatic rings. The Hall–Kier alpha value is -4.00. The van der Waals surface area contributed by atoms with Crippen molar-refractivity contribution in [2.45, 2.75) is 26.4 Å². The van der Waals surface area contributed by atoms with Crippen molar-refractivity contribution in [1.29, 1.82) is 0 Å². The number of para-hydroxylation sites is 2. The molecule has 2 aromatic carbocycles. The van der Waals surface area contributed by atoms with Gasteiger partial charge in [-0.25, -0.2) is 9.67 Å². The summed E-state index contributed by atoms with van der Waals surface area (Å²) in [6.07, 6.45) is 5.65. The van der Waals surface area contributed by atoms with E-state index in [9.17, 15) is 4.79 Å². The number of rotatable bonds is 5. The SMILES string of the molecule is Cc1cnc(C)c(-c2cccc3c2OC(CNC(=O)c2cnn(-c4ccccc4)c2)C3)n1. The molecule has 1 unspecified atom stereocenters. The molecule has 1 aliphatic heterocycles. The summed E-state index contributed by atoms with van der Waals surface area (Å²) in [6.45, 7) is 4.28. The minimum absolute atomic E-state index is 0.141. The van der Waals surface area contributed by atoms with Crippen LogP contribution < -0.4 is 10.1 Å². The van der Waals surface area contributed by atoms with Gasteiger partial charge >= 0.3 is 0 Å². The fourth-order valence-electron chi connectivity index (χ4n) is 3.90. The molecule has 2 aromatic heterocycles. The zero-order valence-corrected chi connectivity index (χ0v) is 17.9. The van der Waals surface area contributed by atoms with Gasteiger partial charge in [-0.3, -0.25) is 9.78 Å². The maximum atomic E-state index is 12.7. The van der Waals surface area contributed by atoms with Crippen molar-refractivity contribution in [2.75, 3.05) is 6.54 Å². The van der Waals surface area contributed by atoms with Gasteiger partial charge in [-0.15, -0.1) is 0 Å². The number of fused-ring (bicyclic) bond motifs is 1. The van der Waals surface area contributed by atoms with Crippen molar-refractivity contribution in [1.82, 2.24) is 25.1 Å². The number of hydrogen-bond donors (Lipinski definition) is 1. The molecule has 32 heavy (non-hydrogen) atoms. The molecule has 0 radical (unpaired) electrons. The summed E-state index contributed by atoms with van der Waals surface area (Å²) in [5, 5.41) is 7.27. The first-order valence-corrected chi connectivity index (χ1v) is 10.6. The third-order valence-corrected chi connectivity index (χ3v) is 5.52. The Morgan fingerprint density at radius 3 is 2.81 bits per heavy atom. The quantitative estimate of drug-likeness (QED) is 0.528. The molecule has 0 fully saturated rings. The zero-order chi connectivity index (χ0) is 22.1. The van der Waals surface area contributed by atoms with Crippen LogP contribution in [0.3, 0.4) is 0 Å². The second kappa shape index (κ2) is 8.26. The maximum absolute atomic E-state index is 12.7. The van der Waals surface area contributed by atoms with E-state index in [1.54, 1.807) is 23.3 Å². The average Bonchev–Trinajstić information content (AvgIpc) is 3.47. The number of carbonyl (C=O) groups is 1. The molecule has 1 amide bonds. The van der Waals surface area contributed by atoms with Gasteiger partial charge in [0.15, 0.2) is 0 Å². The molecule has 0 saturated heterocycles. The molecule has 7 nitrogen and oxygen atoms in total. The smallest absolute Gasteiger partial charge is 0.254 e. The molecule has 5 rings (SSSR count). The molecule has 0 bridgehead atoms. The molecule has 160 valence electrons. The summed E-state index contributed by atoms with van der Waals surface area (Å²) < 4.78 is 7.93. The number of nitrogens with one attached hydrogen (secondary N) is 1. The Morgan fingerprint density at radius 2 is 1.97 bits per heavy atom. The molecule has 0 aliphatic carbocycles. The fourth-order valence-corrected chi connectivity index (χ4v) is 3.90. The van der Waals surface area contributed by atoms with E-state index in [4.69, 9.17) is 4.74 Å². The third-order valence-electron chi connectivity index (χ3n) is 5.52. The maximum Gasteiger partial charge on any atom is 0.254 e. The molecule has 1 N–H and O–H groups in total. The summed E-state index contributed by atoms with van der Waals surface area (Å²) >= 11 is 0. The van der Waals surface area contributed by atoms with Gasteiger partial charge in [-0.2, -0.15) is 5.10 Å². The Labute approximate surface area is 186 Å². The Bertz CT molecular complexity index is 1280. The highest BCUT2D eigenvalue weighted by Crippen LogP contribution is 2.38. The molecule has 1 atom stereocenters. The van der Waals surface area contributed by atoms with Crippen molar-refractivity contribution in [2.24, 2.45) is 0 Å². The number of ether oxygens (including phenoxy) is 1. The van der Waals surface area contributed by atoms with Crippen molar-refractivity contribution >= 4 is 5.91 Å². The Balaban J connectivity index is 1.27. The van der Waals surface area contributed by atoms with Crippen molar-refractivity contribution < 1.29 is 9.53 Å². The molecule has 1 aliphatic rings. The number of amides is 1. The van der Waals surface area contributed by atoms with Gasteiger partial charge in [0.1, 0.15) is 11.9 Å². The summed E-state index contributed by atoms with van der Waals surface area (Å²) in [5.74, 6) is 0.652. The first-order chi connectivity index (χ1) is 15.6. The first-order valence-electron chi connectivity index (χ1n) is 10.6. The van der Waals surface area contributed by atoms with Crippen LogP contribution in [0, 0.1) is 13.8 Å². The Morgan fingerprint density at radius 1 is 1.12 bits per heavy atom. The van der Waals surface area contributed by atoms with Gasteiger partial charge in [0.05, 0.1) is 41.1 Å². The lowest BCUT2D eigenvalue weighted by Gasteiger charge is -2.14. The number of hydrogen-bond acceptors (Lipinski definition) is 5. The largest absolute Gasteiger partial charge is 0.487 e. The van der Waals surface area contributed by atoms with Crippen LogP contribution >= 0.6 is 0 Å². The van der Waals surface area contributed by atoms with E-state index in [2.05, 4.69) is 26.4 Å². The van der Waals surface area contributed by atoms with Crippen molar-refractivity contribution in [3.63, 3.8) is 0 Å². The topological polar surface area (TPSA) is 81.9 Å². The molecule has 0 spiro atoms. The molecular formula is C25H23N5O2. The minimum atomic E-state index is -0.174. The fraction of sp³-hybridized carbons (Fsp3) is 0.200. The van der Waals surface area contributed by atoms with E-state index in [1.165, 1.54) is 0 Å². The van der Waals surface area contributed by atoms with Crippen LogP contribution in [0.4, 0.5) is 0 Å². The second-order valence-corrected chi connectivity index (χ2v) is 7.90. The van der Waals surface area contributed by atoms with Gasteiger partial charge < -0.3 is 10.1 Å². The average molecular weight is 425 g/mol. The normalized spacial score (nSPS) is 14.6. The standard InChI is InChI=1S/C25H23N5O2/c1-16-12-26-17(2)23(29-16)22-10-6-7-18-11-21(32-24(18)22)14-27-25(31)19-13-28-30(15-19)20-8-4-3-5-9-20/h3-10,12-13,15,21H,11,14H2,1-2H3,(H,27,31). The number of nitrogens with zero attached hydrogens (tertiary/aromatic N) is 4. The molecular weight excluding hydrogens is 402 g/mol. The zero-order valence-electron chi connectivity index (χ0n) is 17.9. The predicted octanol–water partition coefficient (Wildman–Crippen LogP) is 3.68. The summed E-state index contributed by atoms with van der Waals surface area (Å²) in [4.78, 5) is 21.7. The van der Waals surface area contributed by atoms with Crippen molar-refractivity contribution in [3.05, 3.63) is 89.6 Å². The summed E-state index contributed by atoms with van der Waals surface area (Å²) in [7, 11) is 0. The molecule has 7 heteroatoms. The minimum Gasteiger partial charge on any atom is -0.487 e. The summed E-state index contributed by atoms with van der Waals surface area (Å²) in [6, 6.07) is 15.8. The van der Waals surface area contributed by atoms with E-state index in [-0.39, 0.29) is 12.0 Å². The van der Waals surface area contributed by atoms with E-state index < -0.39 is 0 Å². The van der Waals surface area contributed by atoms with Crippen molar-refractivity contribution in [3.8, 4) is 22.7 Å². The number of aryl methyl sites for hydroxylation is 2. The first kappa shape index (κ1) is 19.9. The summed E-state index contributed by atoms with van der Waals surface area (Å²) in [5.41, 5.74) is 6.02. The van der Waals surface area contributed by atoms with Gasteiger partial charge in [0.2, 0.25) is 0 Å². The highest BCUT2D eigenvalue weighted by Gasteiger charge is 2.27. The monoisotopic (exact) mass is 425 g/mol. The number of benzene rings is 2. The number of carbonyl (C=O) groups excluding carboxylic acids is 1. The van der Waals surface area contributed by atoms with Crippen LogP contribution in [0.25, 0.3) is 16.9 Å². The lowest BCUT2D eigenvalue weighted by molar-refractivity contribution is 0.0933. The van der Waals surface area contributed by atoms with Gasteiger partial charge in [0.25, 0.3) is 5.91 Å². The van der Waals surface area contributed by atoms with Crippen LogP contribution in [0.5, 0.6) is 5.75 Å². The van der Waals surface area contributed by atoms with E-state index in [0.717, 1.165) is 46.1 Å². The lowest BCUT2D eigenvalue weighted by Crippen LogP contribution is -2.34. The van der Waals surface area contributed by atoms with E-state index >= 15 is 0 Å². The lowest BCUT2D eigenvalue weighted by atomic mass is 10.0. The van der Waals surface area contributed by atoms with Gasteiger partial charge in [-0.1, -0.05) is 30.3 Å². The highest BCUT2D eigenvalue weighted by atomic mass is 16.5.